The fraction of sp³-hybridized carbons (Fsp3) is 0. The van der Waals surface area contributed by atoms with Gasteiger partial charge in [0.15, 0.2) is 11.6 Å². The summed E-state index contributed by atoms with van der Waals surface area (Å²) in [6.07, 6.45) is 0. The van der Waals surface area contributed by atoms with Gasteiger partial charge in [-0.25, -0.2) is 8.42 Å². The molecular formula is C14H8NO5S-. The molecular weight excluding hydrogens is 294 g/mol. The van der Waals surface area contributed by atoms with Crippen molar-refractivity contribution in [2.24, 2.45) is 0 Å². The average molecular weight is 302 g/mol. The summed E-state index contributed by atoms with van der Waals surface area (Å²) in [5, 5.41) is 0. The molecule has 0 radical (unpaired) electrons. The molecule has 0 spiro atoms. The number of fused-ring (bicyclic) bond motifs is 2. The molecule has 0 amide bonds. The van der Waals surface area contributed by atoms with E-state index in [0.717, 1.165) is 12.1 Å². The molecule has 106 valence electrons. The van der Waals surface area contributed by atoms with Crippen LogP contribution in [0.15, 0.2) is 41.3 Å². The Bertz CT molecular complexity index is 915. The van der Waals surface area contributed by atoms with Crippen LogP contribution in [-0.2, 0) is 10.1 Å². The van der Waals surface area contributed by atoms with Crippen LogP contribution in [0.25, 0.3) is 0 Å². The van der Waals surface area contributed by atoms with E-state index in [-0.39, 0.29) is 22.3 Å². The van der Waals surface area contributed by atoms with Crippen molar-refractivity contribution in [1.82, 2.24) is 0 Å². The maximum atomic E-state index is 12.4. The van der Waals surface area contributed by atoms with Crippen molar-refractivity contribution in [3.63, 3.8) is 0 Å². The predicted octanol–water partition coefficient (Wildman–Crippen LogP) is 0.948. The highest BCUT2D eigenvalue weighted by molar-refractivity contribution is 7.86. The minimum atomic E-state index is -4.82. The van der Waals surface area contributed by atoms with Crippen molar-refractivity contribution in [1.29, 1.82) is 0 Å². The first-order valence-electron chi connectivity index (χ1n) is 5.89. The van der Waals surface area contributed by atoms with Crippen LogP contribution < -0.4 is 5.73 Å². The van der Waals surface area contributed by atoms with Crippen molar-refractivity contribution < 1.29 is 22.6 Å². The molecule has 0 heterocycles. The van der Waals surface area contributed by atoms with Crippen molar-refractivity contribution in [3.05, 3.63) is 58.7 Å². The minimum absolute atomic E-state index is 0.00333. The van der Waals surface area contributed by atoms with Gasteiger partial charge in [0, 0.05) is 16.7 Å². The number of rotatable bonds is 1. The number of carbonyl (C=O) groups excluding carboxylic acids is 2. The van der Waals surface area contributed by atoms with Gasteiger partial charge in [-0.05, 0) is 12.1 Å². The third-order valence-electron chi connectivity index (χ3n) is 3.36. The molecule has 1 aliphatic rings. The van der Waals surface area contributed by atoms with Crippen LogP contribution in [0.4, 0.5) is 5.69 Å². The molecule has 6 nitrogen and oxygen atoms in total. The molecule has 0 fully saturated rings. The van der Waals surface area contributed by atoms with E-state index >= 15 is 0 Å². The van der Waals surface area contributed by atoms with Gasteiger partial charge in [0.25, 0.3) is 0 Å². The summed E-state index contributed by atoms with van der Waals surface area (Å²) in [6, 6.07) is 8.26. The Hall–Kier alpha value is -2.51. The van der Waals surface area contributed by atoms with E-state index in [9.17, 15) is 22.6 Å². The normalized spacial score (nSPS) is 13.8. The van der Waals surface area contributed by atoms with Gasteiger partial charge in [0.1, 0.15) is 10.1 Å². The van der Waals surface area contributed by atoms with E-state index in [4.69, 9.17) is 5.73 Å². The average Bonchev–Trinajstić information content (AvgIpc) is 2.43. The largest absolute Gasteiger partial charge is 0.744 e. The summed E-state index contributed by atoms with van der Waals surface area (Å²) in [6.45, 7) is 0. The van der Waals surface area contributed by atoms with Crippen LogP contribution in [0.2, 0.25) is 0 Å². The standard InChI is InChI=1S/C14H9NO5S/c15-12-10(21(18,19)20)6-5-9-11(12)14(17)8-4-2-1-3-7(8)13(9)16/h1-6H,15H2,(H,18,19,20)/p-1. The van der Waals surface area contributed by atoms with Crippen LogP contribution >= 0.6 is 0 Å². The van der Waals surface area contributed by atoms with Gasteiger partial charge in [0.05, 0.1) is 16.1 Å². The zero-order valence-corrected chi connectivity index (χ0v) is 11.3. The highest BCUT2D eigenvalue weighted by Crippen LogP contribution is 2.33. The Kier molecular flexibility index (Phi) is 2.72. The topological polar surface area (TPSA) is 117 Å². The first kappa shape index (κ1) is 13.5. The van der Waals surface area contributed by atoms with Crippen LogP contribution in [0.1, 0.15) is 31.8 Å². The van der Waals surface area contributed by atoms with E-state index < -0.39 is 32.3 Å². The first-order chi connectivity index (χ1) is 9.82. The van der Waals surface area contributed by atoms with Gasteiger partial charge in [0.2, 0.25) is 0 Å². The minimum Gasteiger partial charge on any atom is -0.744 e. The third-order valence-corrected chi connectivity index (χ3v) is 4.26. The molecule has 0 unspecified atom stereocenters. The molecule has 7 heteroatoms. The van der Waals surface area contributed by atoms with Gasteiger partial charge in [-0.15, -0.1) is 0 Å². The SMILES string of the molecule is Nc1c(S(=O)(=O)[O-])ccc2c1C(=O)c1ccccc1C2=O. The van der Waals surface area contributed by atoms with Crippen LogP contribution in [0.3, 0.4) is 0 Å². The smallest absolute Gasteiger partial charge is 0.196 e. The summed E-state index contributed by atoms with van der Waals surface area (Å²) >= 11 is 0. The number of nitrogen functional groups attached to an aromatic ring is 1. The Balaban J connectivity index is 2.37. The molecule has 2 aromatic rings. The Morgan fingerprint density at radius 2 is 1.43 bits per heavy atom. The van der Waals surface area contributed by atoms with Crippen molar-refractivity contribution in [2.75, 3.05) is 5.73 Å². The fourth-order valence-electron chi connectivity index (χ4n) is 2.41. The summed E-state index contributed by atoms with van der Waals surface area (Å²) in [7, 11) is -4.82. The van der Waals surface area contributed by atoms with Gasteiger partial charge in [-0.3, -0.25) is 9.59 Å². The molecule has 2 N–H and O–H groups in total. The second-order valence-corrected chi connectivity index (χ2v) is 5.91. The highest BCUT2D eigenvalue weighted by atomic mass is 32.2. The fourth-order valence-corrected chi connectivity index (χ4v) is 3.02. The van der Waals surface area contributed by atoms with Crippen molar-refractivity contribution in [3.8, 4) is 0 Å². The molecule has 0 aliphatic heterocycles. The lowest BCUT2D eigenvalue weighted by Crippen LogP contribution is -2.23. The van der Waals surface area contributed by atoms with Crippen molar-refractivity contribution >= 4 is 27.4 Å². The van der Waals surface area contributed by atoms with Gasteiger partial charge >= 0.3 is 0 Å². The molecule has 0 bridgehead atoms. The molecule has 1 aliphatic carbocycles. The Morgan fingerprint density at radius 3 is 2.00 bits per heavy atom. The molecule has 0 saturated carbocycles. The van der Waals surface area contributed by atoms with E-state index in [0.29, 0.717) is 0 Å². The summed E-state index contributed by atoms with van der Waals surface area (Å²) in [4.78, 5) is 24.1. The number of hydrogen-bond donors (Lipinski definition) is 1. The molecule has 0 aromatic heterocycles. The number of hydrogen-bond acceptors (Lipinski definition) is 6. The predicted molar refractivity (Wildman–Crippen MR) is 72.1 cm³/mol. The Labute approximate surface area is 120 Å². The lowest BCUT2D eigenvalue weighted by Gasteiger charge is -2.21. The second kappa shape index (κ2) is 4.24. The lowest BCUT2D eigenvalue weighted by atomic mass is 9.83. The lowest BCUT2D eigenvalue weighted by molar-refractivity contribution is 0.0979. The summed E-state index contributed by atoms with van der Waals surface area (Å²) in [5.41, 5.74) is 5.32. The Morgan fingerprint density at radius 1 is 0.857 bits per heavy atom. The quantitative estimate of drug-likeness (QED) is 0.528. The van der Waals surface area contributed by atoms with Gasteiger partial charge < -0.3 is 10.3 Å². The van der Waals surface area contributed by atoms with Gasteiger partial charge in [-0.2, -0.15) is 0 Å². The molecule has 21 heavy (non-hydrogen) atoms. The van der Waals surface area contributed by atoms with E-state index in [1.807, 2.05) is 0 Å². The molecule has 0 atom stereocenters. The van der Waals surface area contributed by atoms with Crippen LogP contribution in [-0.4, -0.2) is 24.5 Å². The maximum absolute atomic E-state index is 12.4. The molecule has 2 aromatic carbocycles. The number of anilines is 1. The zero-order valence-electron chi connectivity index (χ0n) is 10.5. The van der Waals surface area contributed by atoms with E-state index in [1.54, 1.807) is 12.1 Å². The monoisotopic (exact) mass is 302 g/mol. The van der Waals surface area contributed by atoms with Crippen LogP contribution in [0, 0.1) is 0 Å². The van der Waals surface area contributed by atoms with E-state index in [2.05, 4.69) is 0 Å². The maximum Gasteiger partial charge on any atom is 0.196 e. The third kappa shape index (κ3) is 1.86. The zero-order chi connectivity index (χ0) is 15.4. The number of benzene rings is 2. The molecule has 0 saturated heterocycles. The summed E-state index contributed by atoms with van der Waals surface area (Å²) in [5.74, 6) is -0.995. The molecule has 3 rings (SSSR count). The van der Waals surface area contributed by atoms with Crippen LogP contribution in [0.5, 0.6) is 0 Å². The second-order valence-electron chi connectivity index (χ2n) is 4.56. The highest BCUT2D eigenvalue weighted by Gasteiger charge is 2.32. The van der Waals surface area contributed by atoms with E-state index in [1.165, 1.54) is 12.1 Å². The number of ketones is 2. The number of nitrogens with two attached hydrogens (primary N) is 1. The van der Waals surface area contributed by atoms with Crippen molar-refractivity contribution in [2.45, 2.75) is 4.90 Å². The van der Waals surface area contributed by atoms with Gasteiger partial charge in [-0.1, -0.05) is 24.3 Å². The summed E-state index contributed by atoms with van der Waals surface area (Å²) < 4.78 is 33.4. The first-order valence-corrected chi connectivity index (χ1v) is 7.30. The number of carbonyl (C=O) groups is 2.